The summed E-state index contributed by atoms with van der Waals surface area (Å²) in [4.78, 5) is 31.1. The van der Waals surface area contributed by atoms with Gasteiger partial charge in [-0.1, -0.05) is 0 Å². The van der Waals surface area contributed by atoms with Crippen molar-refractivity contribution in [2.24, 2.45) is 7.05 Å². The first kappa shape index (κ1) is 17.8. The molecule has 28 heavy (non-hydrogen) atoms. The summed E-state index contributed by atoms with van der Waals surface area (Å²) in [6, 6.07) is 7.67. The second kappa shape index (κ2) is 6.56. The van der Waals surface area contributed by atoms with Crippen LogP contribution in [-0.4, -0.2) is 44.2 Å². The molecule has 4 aromatic rings. The Kier molecular flexibility index (Phi) is 4.18. The molecule has 1 aromatic carbocycles. The summed E-state index contributed by atoms with van der Waals surface area (Å²) < 4.78 is 16.7. The molecule has 0 aliphatic rings. The fourth-order valence-corrected chi connectivity index (χ4v) is 3.35. The van der Waals surface area contributed by atoms with E-state index in [4.69, 9.17) is 0 Å². The summed E-state index contributed by atoms with van der Waals surface area (Å²) >= 11 is 0. The van der Waals surface area contributed by atoms with Gasteiger partial charge < -0.3 is 9.47 Å². The van der Waals surface area contributed by atoms with Gasteiger partial charge in [0.15, 0.2) is 0 Å². The van der Waals surface area contributed by atoms with Crippen LogP contribution in [-0.2, 0) is 18.3 Å². The highest BCUT2D eigenvalue weighted by Crippen LogP contribution is 2.29. The van der Waals surface area contributed by atoms with E-state index in [1.807, 2.05) is 0 Å². The minimum absolute atomic E-state index is 0.0192. The van der Waals surface area contributed by atoms with Gasteiger partial charge in [0.1, 0.15) is 11.3 Å². The molecule has 0 unspecified atom stereocenters. The van der Waals surface area contributed by atoms with Crippen LogP contribution in [0.1, 0.15) is 5.69 Å². The largest absolute Gasteiger partial charge is 0.348 e. The van der Waals surface area contributed by atoms with E-state index in [9.17, 15) is 14.0 Å². The lowest BCUT2D eigenvalue weighted by Gasteiger charge is -2.12. The molecule has 1 amide bonds. The average Bonchev–Trinajstić information content (AvgIpc) is 2.97. The molecule has 0 N–H and O–H groups in total. The van der Waals surface area contributed by atoms with Gasteiger partial charge in [0, 0.05) is 44.3 Å². The highest BCUT2D eigenvalue weighted by atomic mass is 19.1. The number of nitrogens with zero attached hydrogens (tertiary/aromatic N) is 5. The normalized spacial score (nSPS) is 11.3. The maximum Gasteiger partial charge on any atom is 0.296 e. The van der Waals surface area contributed by atoms with Crippen molar-refractivity contribution in [3.8, 4) is 5.69 Å². The smallest absolute Gasteiger partial charge is 0.296 e. The maximum absolute atomic E-state index is 13.8. The van der Waals surface area contributed by atoms with Crippen LogP contribution in [0.5, 0.6) is 0 Å². The van der Waals surface area contributed by atoms with Crippen LogP contribution in [0.15, 0.2) is 47.5 Å². The third-order valence-corrected chi connectivity index (χ3v) is 4.79. The standard InChI is InChI=1S/C20H18FN5O2/c1-24(2)17(27)11-15-18-14-5-4-12(21)10-16(14)25(3)19(18)20(28)26(23-15)13-6-8-22-9-7-13/h4-10H,11H2,1-3H3. The van der Waals surface area contributed by atoms with Crippen LogP contribution in [0.25, 0.3) is 27.5 Å². The predicted octanol–water partition coefficient (Wildman–Crippen LogP) is 2.04. The number of benzene rings is 1. The first-order chi connectivity index (χ1) is 13.4. The predicted molar refractivity (Wildman–Crippen MR) is 104 cm³/mol. The van der Waals surface area contributed by atoms with Crippen LogP contribution < -0.4 is 5.56 Å². The zero-order chi connectivity index (χ0) is 20.0. The number of aryl methyl sites for hydroxylation is 1. The van der Waals surface area contributed by atoms with Crippen molar-refractivity contribution in [2.45, 2.75) is 6.42 Å². The molecule has 0 radical (unpaired) electrons. The Hall–Kier alpha value is -3.55. The molecule has 142 valence electrons. The van der Waals surface area contributed by atoms with E-state index in [-0.39, 0.29) is 17.9 Å². The molecule has 3 heterocycles. The summed E-state index contributed by atoms with van der Waals surface area (Å²) in [6.45, 7) is 0. The molecule has 3 aromatic heterocycles. The second-order valence-electron chi connectivity index (χ2n) is 6.78. The van der Waals surface area contributed by atoms with E-state index >= 15 is 0 Å². The summed E-state index contributed by atoms with van der Waals surface area (Å²) in [5, 5.41) is 5.76. The Balaban J connectivity index is 2.13. The lowest BCUT2D eigenvalue weighted by atomic mass is 10.1. The minimum Gasteiger partial charge on any atom is -0.348 e. The number of aromatic nitrogens is 4. The monoisotopic (exact) mass is 379 g/mol. The molecule has 0 fully saturated rings. The number of halogens is 1. The minimum atomic E-state index is -0.397. The molecular weight excluding hydrogens is 361 g/mol. The Morgan fingerprint density at radius 2 is 1.89 bits per heavy atom. The number of hydrogen-bond donors (Lipinski definition) is 0. The van der Waals surface area contributed by atoms with Gasteiger partial charge in [-0.3, -0.25) is 14.6 Å². The molecule has 0 bridgehead atoms. The van der Waals surface area contributed by atoms with Crippen molar-refractivity contribution in [3.63, 3.8) is 0 Å². The third kappa shape index (κ3) is 2.74. The van der Waals surface area contributed by atoms with E-state index in [0.717, 1.165) is 0 Å². The number of amides is 1. The van der Waals surface area contributed by atoms with Crippen LogP contribution in [0, 0.1) is 5.82 Å². The number of fused-ring (bicyclic) bond motifs is 3. The van der Waals surface area contributed by atoms with E-state index in [1.165, 1.54) is 21.7 Å². The number of pyridine rings is 1. The van der Waals surface area contributed by atoms with Crippen molar-refractivity contribution >= 4 is 27.7 Å². The van der Waals surface area contributed by atoms with E-state index in [0.29, 0.717) is 33.2 Å². The quantitative estimate of drug-likeness (QED) is 0.546. The topological polar surface area (TPSA) is 73.0 Å². The molecule has 0 saturated heterocycles. The highest BCUT2D eigenvalue weighted by Gasteiger charge is 2.21. The Morgan fingerprint density at radius 3 is 2.57 bits per heavy atom. The molecule has 8 heteroatoms. The number of rotatable bonds is 3. The summed E-state index contributed by atoms with van der Waals surface area (Å²) in [5.41, 5.74) is 1.59. The van der Waals surface area contributed by atoms with E-state index in [2.05, 4.69) is 10.1 Å². The van der Waals surface area contributed by atoms with Gasteiger partial charge in [0.05, 0.1) is 23.3 Å². The molecular formula is C20H18FN5O2. The van der Waals surface area contributed by atoms with E-state index in [1.54, 1.807) is 56.3 Å². The van der Waals surface area contributed by atoms with Crippen LogP contribution in [0.2, 0.25) is 0 Å². The van der Waals surface area contributed by atoms with E-state index < -0.39 is 5.82 Å². The zero-order valence-electron chi connectivity index (χ0n) is 15.7. The summed E-state index contributed by atoms with van der Waals surface area (Å²) in [5.74, 6) is -0.542. The molecule has 7 nitrogen and oxygen atoms in total. The van der Waals surface area contributed by atoms with Crippen molar-refractivity contribution in [1.29, 1.82) is 0 Å². The van der Waals surface area contributed by atoms with Crippen LogP contribution >= 0.6 is 0 Å². The highest BCUT2D eigenvalue weighted by molar-refractivity contribution is 6.09. The molecule has 0 saturated carbocycles. The SMILES string of the molecule is CN(C)C(=O)Cc1nn(-c2ccncc2)c(=O)c2c1c1ccc(F)cc1n2C. The van der Waals surface area contributed by atoms with Crippen molar-refractivity contribution in [3.05, 3.63) is 64.6 Å². The average molecular weight is 379 g/mol. The first-order valence-electron chi connectivity index (χ1n) is 8.69. The molecule has 0 spiro atoms. The Bertz CT molecular complexity index is 1270. The van der Waals surface area contributed by atoms with Gasteiger partial charge in [-0.25, -0.2) is 4.39 Å². The lowest BCUT2D eigenvalue weighted by Crippen LogP contribution is -2.28. The first-order valence-corrected chi connectivity index (χ1v) is 8.69. The van der Waals surface area contributed by atoms with Crippen molar-refractivity contribution in [1.82, 2.24) is 24.2 Å². The van der Waals surface area contributed by atoms with Crippen LogP contribution in [0.4, 0.5) is 4.39 Å². The van der Waals surface area contributed by atoms with Gasteiger partial charge in [-0.2, -0.15) is 9.78 Å². The van der Waals surface area contributed by atoms with Crippen LogP contribution in [0.3, 0.4) is 0 Å². The lowest BCUT2D eigenvalue weighted by molar-refractivity contribution is -0.128. The molecule has 0 aliphatic carbocycles. The van der Waals surface area contributed by atoms with Gasteiger partial charge in [-0.05, 0) is 30.3 Å². The number of carbonyl (C=O) groups is 1. The summed E-state index contributed by atoms with van der Waals surface area (Å²) in [7, 11) is 5.04. The van der Waals surface area contributed by atoms with Gasteiger partial charge in [-0.15, -0.1) is 0 Å². The second-order valence-corrected chi connectivity index (χ2v) is 6.78. The zero-order valence-corrected chi connectivity index (χ0v) is 15.7. The molecule has 0 aliphatic heterocycles. The summed E-state index contributed by atoms with van der Waals surface area (Å²) in [6.07, 6.45) is 3.15. The number of carbonyl (C=O) groups excluding carboxylic acids is 1. The van der Waals surface area contributed by atoms with Crippen molar-refractivity contribution < 1.29 is 9.18 Å². The van der Waals surface area contributed by atoms with Gasteiger partial charge in [0.25, 0.3) is 5.56 Å². The molecule has 4 rings (SSSR count). The Labute approximate surface area is 159 Å². The van der Waals surface area contributed by atoms with Gasteiger partial charge in [0.2, 0.25) is 5.91 Å². The van der Waals surface area contributed by atoms with Gasteiger partial charge >= 0.3 is 0 Å². The molecule has 0 atom stereocenters. The van der Waals surface area contributed by atoms with Crippen molar-refractivity contribution in [2.75, 3.05) is 14.1 Å². The maximum atomic E-state index is 13.8. The fraction of sp³-hybridized carbons (Fsp3) is 0.200. The number of likely N-dealkylation sites (N-methyl/N-ethyl adjacent to an activating group) is 1. The number of hydrogen-bond acceptors (Lipinski definition) is 4. The third-order valence-electron chi connectivity index (χ3n) is 4.79. The fourth-order valence-electron chi connectivity index (χ4n) is 3.35. The Morgan fingerprint density at radius 1 is 1.18 bits per heavy atom.